The second-order valence-electron chi connectivity index (χ2n) is 4.65. The maximum absolute atomic E-state index is 10.9. The molecule has 1 N–H and O–H groups in total. The number of hydrogen-bond donors (Lipinski definition) is 1. The number of carbonyl (C=O) groups excluding carboxylic acids is 1. The molecule has 3 nitrogen and oxygen atoms in total. The standard InChI is InChI=1S/C14H26O3/c1-4-14(16)17-11-13(3)8-5-7-12(2)9-6-10-15/h5,8,12-13,15H,4,6-7,9-11H2,1-3H3/b8-5+. The second-order valence-corrected chi connectivity index (χ2v) is 4.65. The zero-order valence-electron chi connectivity index (χ0n) is 11.3. The molecule has 100 valence electrons. The van der Waals surface area contributed by atoms with Crippen molar-refractivity contribution in [1.29, 1.82) is 0 Å². The summed E-state index contributed by atoms with van der Waals surface area (Å²) in [5.74, 6) is 0.737. The van der Waals surface area contributed by atoms with Gasteiger partial charge in [-0.1, -0.05) is 32.9 Å². The summed E-state index contributed by atoms with van der Waals surface area (Å²) in [5, 5.41) is 8.71. The highest BCUT2D eigenvalue weighted by Gasteiger charge is 2.03. The summed E-state index contributed by atoms with van der Waals surface area (Å²) in [6.07, 6.45) is 7.63. The molecule has 0 aliphatic heterocycles. The minimum atomic E-state index is -0.137. The van der Waals surface area contributed by atoms with Crippen LogP contribution in [0.4, 0.5) is 0 Å². The predicted octanol–water partition coefficient (Wildman–Crippen LogP) is 2.93. The molecule has 0 aromatic rings. The number of hydrogen-bond acceptors (Lipinski definition) is 3. The first-order chi connectivity index (χ1) is 8.10. The van der Waals surface area contributed by atoms with Gasteiger partial charge in [0.15, 0.2) is 0 Å². The molecule has 0 bridgehead atoms. The lowest BCUT2D eigenvalue weighted by atomic mass is 10.0. The lowest BCUT2D eigenvalue weighted by Crippen LogP contribution is -2.09. The Morgan fingerprint density at radius 3 is 2.71 bits per heavy atom. The number of esters is 1. The topological polar surface area (TPSA) is 46.5 Å². The van der Waals surface area contributed by atoms with Crippen LogP contribution in [0.25, 0.3) is 0 Å². The smallest absolute Gasteiger partial charge is 0.305 e. The minimum Gasteiger partial charge on any atom is -0.465 e. The van der Waals surface area contributed by atoms with Crippen LogP contribution in [0.3, 0.4) is 0 Å². The maximum Gasteiger partial charge on any atom is 0.305 e. The number of ether oxygens (including phenoxy) is 1. The van der Waals surface area contributed by atoms with Crippen LogP contribution in [0.15, 0.2) is 12.2 Å². The van der Waals surface area contributed by atoms with Crippen LogP contribution < -0.4 is 0 Å². The SMILES string of the molecule is CCC(=O)OCC(C)/C=C/CC(C)CCCO. The molecule has 0 amide bonds. The van der Waals surface area contributed by atoms with Crippen molar-refractivity contribution in [2.45, 2.75) is 46.5 Å². The molecule has 2 atom stereocenters. The molecule has 0 aromatic carbocycles. The van der Waals surface area contributed by atoms with Crippen molar-refractivity contribution in [1.82, 2.24) is 0 Å². The van der Waals surface area contributed by atoms with E-state index < -0.39 is 0 Å². The molecule has 0 heterocycles. The maximum atomic E-state index is 10.9. The number of carbonyl (C=O) groups is 1. The van der Waals surface area contributed by atoms with Gasteiger partial charge in [0.2, 0.25) is 0 Å². The fourth-order valence-electron chi connectivity index (χ4n) is 1.48. The van der Waals surface area contributed by atoms with E-state index in [0.717, 1.165) is 19.3 Å². The summed E-state index contributed by atoms with van der Waals surface area (Å²) in [7, 11) is 0. The zero-order valence-corrected chi connectivity index (χ0v) is 11.3. The number of allylic oxidation sites excluding steroid dienone is 1. The van der Waals surface area contributed by atoms with E-state index in [9.17, 15) is 4.79 Å². The van der Waals surface area contributed by atoms with E-state index in [1.165, 1.54) is 0 Å². The first-order valence-corrected chi connectivity index (χ1v) is 6.53. The average molecular weight is 242 g/mol. The van der Waals surface area contributed by atoms with Crippen LogP contribution in [0.2, 0.25) is 0 Å². The van der Waals surface area contributed by atoms with Crippen molar-refractivity contribution in [3.8, 4) is 0 Å². The Labute approximate surface area is 105 Å². The van der Waals surface area contributed by atoms with E-state index in [-0.39, 0.29) is 18.5 Å². The molecule has 0 aliphatic rings. The first kappa shape index (κ1) is 16.2. The van der Waals surface area contributed by atoms with E-state index in [1.807, 2.05) is 6.92 Å². The third kappa shape index (κ3) is 10.1. The lowest BCUT2D eigenvalue weighted by Gasteiger charge is -2.09. The van der Waals surface area contributed by atoms with Crippen LogP contribution in [-0.4, -0.2) is 24.3 Å². The Balaban J connectivity index is 3.65. The summed E-state index contributed by atoms with van der Waals surface area (Å²) in [6.45, 7) is 6.76. The molecule has 3 heteroatoms. The Kier molecular flexibility index (Phi) is 9.83. The summed E-state index contributed by atoms with van der Waals surface area (Å²) >= 11 is 0. The van der Waals surface area contributed by atoms with Crippen LogP contribution in [0.5, 0.6) is 0 Å². The van der Waals surface area contributed by atoms with Gasteiger partial charge >= 0.3 is 5.97 Å². The molecule has 0 spiro atoms. The fraction of sp³-hybridized carbons (Fsp3) is 0.786. The monoisotopic (exact) mass is 242 g/mol. The summed E-state index contributed by atoms with van der Waals surface area (Å²) in [4.78, 5) is 10.9. The van der Waals surface area contributed by atoms with Crippen LogP contribution in [0, 0.1) is 11.8 Å². The summed E-state index contributed by atoms with van der Waals surface area (Å²) < 4.78 is 5.05. The molecule has 0 saturated heterocycles. The van der Waals surface area contributed by atoms with Crippen molar-refractivity contribution in [3.63, 3.8) is 0 Å². The Bertz CT molecular complexity index is 224. The molecule has 17 heavy (non-hydrogen) atoms. The van der Waals surface area contributed by atoms with Crippen LogP contribution >= 0.6 is 0 Å². The average Bonchev–Trinajstić information content (AvgIpc) is 2.33. The highest BCUT2D eigenvalue weighted by Crippen LogP contribution is 2.11. The molecular weight excluding hydrogens is 216 g/mol. The van der Waals surface area contributed by atoms with E-state index >= 15 is 0 Å². The van der Waals surface area contributed by atoms with Crippen molar-refractivity contribution in [2.75, 3.05) is 13.2 Å². The van der Waals surface area contributed by atoms with E-state index in [4.69, 9.17) is 9.84 Å². The van der Waals surface area contributed by atoms with Crippen molar-refractivity contribution < 1.29 is 14.6 Å². The zero-order chi connectivity index (χ0) is 13.1. The predicted molar refractivity (Wildman–Crippen MR) is 69.7 cm³/mol. The van der Waals surface area contributed by atoms with Gasteiger partial charge in [-0.2, -0.15) is 0 Å². The van der Waals surface area contributed by atoms with Crippen molar-refractivity contribution >= 4 is 5.97 Å². The van der Waals surface area contributed by atoms with Gasteiger partial charge < -0.3 is 9.84 Å². The van der Waals surface area contributed by atoms with E-state index in [2.05, 4.69) is 19.1 Å². The first-order valence-electron chi connectivity index (χ1n) is 6.53. The second kappa shape index (κ2) is 10.3. The van der Waals surface area contributed by atoms with Gasteiger partial charge in [-0.15, -0.1) is 0 Å². The van der Waals surface area contributed by atoms with Crippen LogP contribution in [0.1, 0.15) is 46.5 Å². The van der Waals surface area contributed by atoms with Gasteiger partial charge in [0.25, 0.3) is 0 Å². The molecule has 0 fully saturated rings. The molecule has 0 saturated carbocycles. The Morgan fingerprint density at radius 1 is 1.41 bits per heavy atom. The molecule has 0 rings (SSSR count). The van der Waals surface area contributed by atoms with Crippen molar-refractivity contribution in [3.05, 3.63) is 12.2 Å². The van der Waals surface area contributed by atoms with Gasteiger partial charge in [-0.25, -0.2) is 0 Å². The normalized spacial score (nSPS) is 14.8. The van der Waals surface area contributed by atoms with Gasteiger partial charge in [0, 0.05) is 18.9 Å². The minimum absolute atomic E-state index is 0.137. The van der Waals surface area contributed by atoms with Gasteiger partial charge in [0.05, 0.1) is 6.61 Å². The molecular formula is C14H26O3. The quantitative estimate of drug-likeness (QED) is 0.499. The van der Waals surface area contributed by atoms with Crippen LogP contribution in [-0.2, 0) is 9.53 Å². The molecule has 0 aromatic heterocycles. The molecule has 0 radical (unpaired) electrons. The van der Waals surface area contributed by atoms with Gasteiger partial charge in [0.1, 0.15) is 0 Å². The van der Waals surface area contributed by atoms with Gasteiger partial charge in [-0.3, -0.25) is 4.79 Å². The highest BCUT2D eigenvalue weighted by atomic mass is 16.5. The third-order valence-electron chi connectivity index (χ3n) is 2.65. The molecule has 0 aliphatic carbocycles. The Morgan fingerprint density at radius 2 is 2.12 bits per heavy atom. The number of rotatable bonds is 9. The molecule has 2 unspecified atom stereocenters. The van der Waals surface area contributed by atoms with E-state index in [0.29, 0.717) is 18.9 Å². The fourth-order valence-corrected chi connectivity index (χ4v) is 1.48. The number of aliphatic hydroxyl groups is 1. The summed E-state index contributed by atoms with van der Waals surface area (Å²) in [6, 6.07) is 0. The number of aliphatic hydroxyl groups excluding tert-OH is 1. The highest BCUT2D eigenvalue weighted by molar-refractivity contribution is 5.68. The largest absolute Gasteiger partial charge is 0.465 e. The third-order valence-corrected chi connectivity index (χ3v) is 2.65. The Hall–Kier alpha value is -0.830. The van der Waals surface area contributed by atoms with E-state index in [1.54, 1.807) is 6.92 Å². The lowest BCUT2D eigenvalue weighted by molar-refractivity contribution is -0.144. The van der Waals surface area contributed by atoms with Crippen molar-refractivity contribution in [2.24, 2.45) is 11.8 Å². The van der Waals surface area contributed by atoms with Gasteiger partial charge in [-0.05, 0) is 25.2 Å². The summed E-state index contributed by atoms with van der Waals surface area (Å²) in [5.41, 5.74) is 0.